The van der Waals surface area contributed by atoms with E-state index in [9.17, 15) is 13.2 Å². The number of hydrogen-bond donors (Lipinski definition) is 1. The molecule has 1 unspecified atom stereocenters. The lowest BCUT2D eigenvalue weighted by molar-refractivity contribution is -0.0328. The van der Waals surface area contributed by atoms with Gasteiger partial charge in [-0.15, -0.1) is 12.4 Å². The molecule has 19 heavy (non-hydrogen) atoms. The summed E-state index contributed by atoms with van der Waals surface area (Å²) in [5, 5.41) is 0. The van der Waals surface area contributed by atoms with Gasteiger partial charge in [-0.1, -0.05) is 12.1 Å². The molecule has 1 aliphatic rings. The molecular weight excluding hydrogens is 297 g/mol. The monoisotopic (exact) mass is 312 g/mol. The average Bonchev–Trinajstić information content (AvgIpc) is 2.65. The van der Waals surface area contributed by atoms with Gasteiger partial charge >= 0.3 is 5.51 Å². The first-order valence-electron chi connectivity index (χ1n) is 5.75. The van der Waals surface area contributed by atoms with E-state index in [1.807, 2.05) is 0 Å². The molecule has 0 saturated carbocycles. The Kier molecular flexibility index (Phi) is 5.98. The second-order valence-electron chi connectivity index (χ2n) is 4.48. The highest BCUT2D eigenvalue weighted by Gasteiger charge is 2.29. The molecule has 1 atom stereocenters. The molecule has 1 aromatic carbocycles. The summed E-state index contributed by atoms with van der Waals surface area (Å²) in [5.41, 5.74) is 2.61. The van der Waals surface area contributed by atoms with Crippen LogP contribution in [0.15, 0.2) is 29.2 Å². The lowest BCUT2D eigenvalue weighted by Gasteiger charge is -2.15. The summed E-state index contributed by atoms with van der Waals surface area (Å²) in [5.74, 6) is 0. The Labute approximate surface area is 120 Å². The summed E-state index contributed by atoms with van der Waals surface area (Å²) >= 11 is -0.0810. The molecule has 0 aliphatic carbocycles. The molecule has 1 aliphatic heterocycles. The number of benzene rings is 1. The van der Waals surface area contributed by atoms with E-state index < -0.39 is 5.51 Å². The Morgan fingerprint density at radius 3 is 2.37 bits per heavy atom. The summed E-state index contributed by atoms with van der Waals surface area (Å²) < 4.78 is 36.5. The molecule has 1 heterocycles. The van der Waals surface area contributed by atoms with Crippen LogP contribution >= 0.6 is 24.2 Å². The normalized spacial score (nSPS) is 20.3. The van der Waals surface area contributed by atoms with E-state index >= 15 is 0 Å². The first-order valence-corrected chi connectivity index (χ1v) is 6.57. The summed E-state index contributed by atoms with van der Waals surface area (Å²) in [6.45, 7) is 2.57. The van der Waals surface area contributed by atoms with Crippen LogP contribution in [0.4, 0.5) is 13.2 Å². The highest BCUT2D eigenvalue weighted by Crippen LogP contribution is 2.36. The summed E-state index contributed by atoms with van der Waals surface area (Å²) in [4.78, 5) is 2.45. The van der Waals surface area contributed by atoms with E-state index in [1.165, 1.54) is 12.1 Å². The maximum atomic E-state index is 12.2. The standard InChI is InChI=1S/C12H15F3N2S.ClH/c13-12(14,15)18-11-3-1-9(2-4-11)7-17-6-5-10(16)8-17;/h1-4,10H,5-8,16H2;1H. The topological polar surface area (TPSA) is 29.3 Å². The van der Waals surface area contributed by atoms with Crippen LogP contribution in [0.5, 0.6) is 0 Å². The third kappa shape index (κ3) is 5.60. The molecular formula is C12H16ClF3N2S. The Hall–Kier alpha value is -0.430. The van der Waals surface area contributed by atoms with Crippen molar-refractivity contribution in [3.05, 3.63) is 29.8 Å². The molecule has 2 N–H and O–H groups in total. The molecule has 0 bridgehead atoms. The number of halogens is 4. The van der Waals surface area contributed by atoms with Gasteiger partial charge in [-0.2, -0.15) is 13.2 Å². The molecule has 108 valence electrons. The maximum Gasteiger partial charge on any atom is 0.446 e. The number of rotatable bonds is 3. The molecule has 2 nitrogen and oxygen atoms in total. The molecule has 7 heteroatoms. The van der Waals surface area contributed by atoms with Gasteiger partial charge in [0.25, 0.3) is 0 Å². The fraction of sp³-hybridized carbons (Fsp3) is 0.500. The van der Waals surface area contributed by atoms with E-state index in [4.69, 9.17) is 5.73 Å². The molecule has 1 fully saturated rings. The largest absolute Gasteiger partial charge is 0.446 e. The number of hydrogen-bond acceptors (Lipinski definition) is 3. The third-order valence-electron chi connectivity index (χ3n) is 2.87. The van der Waals surface area contributed by atoms with E-state index in [-0.39, 0.29) is 35.1 Å². The minimum atomic E-state index is -4.22. The Morgan fingerprint density at radius 2 is 1.89 bits per heavy atom. The molecule has 1 aromatic rings. The van der Waals surface area contributed by atoms with Crippen molar-refractivity contribution in [3.8, 4) is 0 Å². The first-order chi connectivity index (χ1) is 8.42. The van der Waals surface area contributed by atoms with E-state index in [0.29, 0.717) is 0 Å². The zero-order chi connectivity index (χ0) is 13.2. The van der Waals surface area contributed by atoms with Gasteiger partial charge in [0.15, 0.2) is 0 Å². The van der Waals surface area contributed by atoms with Crippen LogP contribution in [0, 0.1) is 0 Å². The molecule has 0 amide bonds. The van der Waals surface area contributed by atoms with E-state index in [2.05, 4.69) is 4.90 Å². The molecule has 0 spiro atoms. The lowest BCUT2D eigenvalue weighted by atomic mass is 10.2. The fourth-order valence-corrected chi connectivity index (χ4v) is 2.60. The Balaban J connectivity index is 0.00000180. The van der Waals surface area contributed by atoms with Gasteiger partial charge in [-0.05, 0) is 35.9 Å². The van der Waals surface area contributed by atoms with Gasteiger partial charge in [0.05, 0.1) is 0 Å². The minimum absolute atomic E-state index is 0. The van der Waals surface area contributed by atoms with Crippen molar-refractivity contribution in [2.24, 2.45) is 5.73 Å². The zero-order valence-corrected chi connectivity index (χ0v) is 11.8. The van der Waals surface area contributed by atoms with Crippen LogP contribution in [0.3, 0.4) is 0 Å². The number of alkyl halides is 3. The number of thioether (sulfide) groups is 1. The maximum absolute atomic E-state index is 12.2. The Morgan fingerprint density at radius 1 is 1.26 bits per heavy atom. The molecule has 1 saturated heterocycles. The summed E-state index contributed by atoms with van der Waals surface area (Å²) in [6.07, 6.45) is 0.988. The van der Waals surface area contributed by atoms with E-state index in [0.717, 1.165) is 31.6 Å². The van der Waals surface area contributed by atoms with Crippen LogP contribution in [0.2, 0.25) is 0 Å². The molecule has 2 rings (SSSR count). The molecule has 0 aromatic heterocycles. The van der Waals surface area contributed by atoms with Gasteiger partial charge in [-0.3, -0.25) is 4.90 Å². The van der Waals surface area contributed by atoms with Crippen molar-refractivity contribution < 1.29 is 13.2 Å². The highest BCUT2D eigenvalue weighted by atomic mass is 35.5. The summed E-state index contributed by atoms with van der Waals surface area (Å²) in [7, 11) is 0. The van der Waals surface area contributed by atoms with Crippen molar-refractivity contribution in [1.82, 2.24) is 4.90 Å². The van der Waals surface area contributed by atoms with Crippen LogP contribution in [0.25, 0.3) is 0 Å². The van der Waals surface area contributed by atoms with Crippen LogP contribution in [-0.4, -0.2) is 29.5 Å². The Bertz CT molecular complexity index is 397. The molecule has 0 radical (unpaired) electrons. The van der Waals surface area contributed by atoms with Gasteiger partial charge in [0.2, 0.25) is 0 Å². The number of nitrogens with two attached hydrogens (primary N) is 1. The van der Waals surface area contributed by atoms with Crippen molar-refractivity contribution in [3.63, 3.8) is 0 Å². The van der Waals surface area contributed by atoms with Crippen LogP contribution in [0.1, 0.15) is 12.0 Å². The van der Waals surface area contributed by atoms with Crippen molar-refractivity contribution >= 4 is 24.2 Å². The second-order valence-corrected chi connectivity index (χ2v) is 5.61. The van der Waals surface area contributed by atoms with Crippen LogP contribution in [-0.2, 0) is 6.54 Å². The smallest absolute Gasteiger partial charge is 0.326 e. The SMILES string of the molecule is Cl.NC1CCN(Cc2ccc(SC(F)(F)F)cc2)C1. The van der Waals surface area contributed by atoms with Crippen molar-refractivity contribution in [2.45, 2.75) is 29.4 Å². The lowest BCUT2D eigenvalue weighted by Crippen LogP contribution is -2.26. The minimum Gasteiger partial charge on any atom is -0.326 e. The predicted octanol–water partition coefficient (Wildman–Crippen LogP) is 3.25. The van der Waals surface area contributed by atoms with Crippen molar-refractivity contribution in [2.75, 3.05) is 13.1 Å². The number of nitrogens with zero attached hydrogens (tertiary/aromatic N) is 1. The van der Waals surface area contributed by atoms with E-state index in [1.54, 1.807) is 12.1 Å². The van der Waals surface area contributed by atoms with Gasteiger partial charge in [0.1, 0.15) is 0 Å². The summed E-state index contributed by atoms with van der Waals surface area (Å²) in [6, 6.07) is 6.76. The predicted molar refractivity (Wildman–Crippen MR) is 73.5 cm³/mol. The number of likely N-dealkylation sites (tertiary alicyclic amines) is 1. The van der Waals surface area contributed by atoms with Gasteiger partial charge < -0.3 is 5.73 Å². The highest BCUT2D eigenvalue weighted by molar-refractivity contribution is 8.00. The third-order valence-corrected chi connectivity index (χ3v) is 3.61. The second kappa shape index (κ2) is 6.83. The van der Waals surface area contributed by atoms with Gasteiger partial charge in [0, 0.05) is 30.6 Å². The van der Waals surface area contributed by atoms with Crippen molar-refractivity contribution in [1.29, 1.82) is 0 Å². The average molecular weight is 313 g/mol. The quantitative estimate of drug-likeness (QED) is 0.869. The first kappa shape index (κ1) is 16.6. The van der Waals surface area contributed by atoms with Crippen LogP contribution < -0.4 is 5.73 Å². The van der Waals surface area contributed by atoms with Gasteiger partial charge in [-0.25, -0.2) is 0 Å². The fourth-order valence-electron chi connectivity index (χ4n) is 2.06. The zero-order valence-electron chi connectivity index (χ0n) is 10.2.